The average Bonchev–Trinajstić information content (AvgIpc) is 2.61. The normalized spacial score (nSPS) is 10.6. The minimum atomic E-state index is -0.232. The van der Waals surface area contributed by atoms with E-state index in [2.05, 4.69) is 34.4 Å². The van der Waals surface area contributed by atoms with Gasteiger partial charge in [-0.1, -0.05) is 25.4 Å². The maximum absolute atomic E-state index is 12.4. The molecule has 0 fully saturated rings. The van der Waals surface area contributed by atoms with E-state index in [1.807, 2.05) is 0 Å². The van der Waals surface area contributed by atoms with Gasteiger partial charge in [0.15, 0.2) is 0 Å². The SMILES string of the molecule is COc1cc(Nc2cc(C(=O)NCCC(C)C)nc(C)n2)c(OC)cc1Cl. The predicted octanol–water partition coefficient (Wildman–Crippen LogP) is 3.98. The number of halogens is 1. The highest BCUT2D eigenvalue weighted by Gasteiger charge is 2.14. The molecule has 8 heteroatoms. The lowest BCUT2D eigenvalue weighted by Crippen LogP contribution is -2.26. The van der Waals surface area contributed by atoms with Crippen LogP contribution in [0.25, 0.3) is 0 Å². The first-order valence-electron chi connectivity index (χ1n) is 8.66. The van der Waals surface area contributed by atoms with Gasteiger partial charge in [-0.05, 0) is 19.3 Å². The maximum atomic E-state index is 12.4. The number of amides is 1. The number of hydrogen-bond acceptors (Lipinski definition) is 6. The van der Waals surface area contributed by atoms with Crippen molar-refractivity contribution in [2.75, 3.05) is 26.1 Å². The molecule has 2 N–H and O–H groups in total. The van der Waals surface area contributed by atoms with E-state index in [4.69, 9.17) is 21.1 Å². The zero-order chi connectivity index (χ0) is 20.0. The molecule has 1 heterocycles. The fraction of sp³-hybridized carbons (Fsp3) is 0.421. The van der Waals surface area contributed by atoms with Crippen LogP contribution in [0.1, 0.15) is 36.6 Å². The molecule has 1 amide bonds. The Hall–Kier alpha value is -2.54. The molecule has 1 aromatic carbocycles. The molecule has 2 rings (SSSR count). The summed E-state index contributed by atoms with van der Waals surface area (Å²) in [6.45, 7) is 6.55. The second-order valence-electron chi connectivity index (χ2n) is 6.44. The summed E-state index contributed by atoms with van der Waals surface area (Å²) in [4.78, 5) is 20.9. The summed E-state index contributed by atoms with van der Waals surface area (Å²) in [7, 11) is 3.08. The Morgan fingerprint density at radius 3 is 2.48 bits per heavy atom. The van der Waals surface area contributed by atoms with Crippen LogP contribution in [0.5, 0.6) is 11.5 Å². The fourth-order valence-corrected chi connectivity index (χ4v) is 2.64. The van der Waals surface area contributed by atoms with Gasteiger partial charge in [-0.15, -0.1) is 0 Å². The first-order valence-corrected chi connectivity index (χ1v) is 9.04. The standard InChI is InChI=1S/C19H25ClN4O3/c1-11(2)6-7-21-19(25)15-10-18(23-12(3)22-15)24-14-9-16(26-4)13(20)8-17(14)27-5/h8-11H,6-7H2,1-5H3,(H,21,25)(H,22,23,24). The molecule has 0 atom stereocenters. The van der Waals surface area contributed by atoms with Crippen LogP contribution < -0.4 is 20.1 Å². The van der Waals surface area contributed by atoms with Crippen molar-refractivity contribution in [3.63, 3.8) is 0 Å². The first-order chi connectivity index (χ1) is 12.8. The molecule has 1 aromatic heterocycles. The Kier molecular flexibility index (Phi) is 7.24. The Balaban J connectivity index is 2.25. The highest BCUT2D eigenvalue weighted by molar-refractivity contribution is 6.32. The number of aryl methyl sites for hydroxylation is 1. The molecule has 2 aromatic rings. The molecule has 27 heavy (non-hydrogen) atoms. The van der Waals surface area contributed by atoms with Crippen LogP contribution in [-0.2, 0) is 0 Å². The van der Waals surface area contributed by atoms with E-state index in [0.717, 1.165) is 6.42 Å². The Morgan fingerprint density at radius 1 is 1.15 bits per heavy atom. The van der Waals surface area contributed by atoms with Crippen molar-refractivity contribution in [2.45, 2.75) is 27.2 Å². The van der Waals surface area contributed by atoms with Crippen LogP contribution in [0.4, 0.5) is 11.5 Å². The molecule has 0 spiro atoms. The minimum Gasteiger partial charge on any atom is -0.495 e. The molecule has 0 aliphatic rings. The van der Waals surface area contributed by atoms with Gasteiger partial charge in [-0.25, -0.2) is 9.97 Å². The van der Waals surface area contributed by atoms with Gasteiger partial charge in [0, 0.05) is 24.7 Å². The van der Waals surface area contributed by atoms with Gasteiger partial charge >= 0.3 is 0 Å². The highest BCUT2D eigenvalue weighted by atomic mass is 35.5. The van der Waals surface area contributed by atoms with Crippen LogP contribution in [0.3, 0.4) is 0 Å². The van der Waals surface area contributed by atoms with Crippen LogP contribution in [0.2, 0.25) is 5.02 Å². The van der Waals surface area contributed by atoms with Crippen molar-refractivity contribution in [3.05, 3.63) is 34.7 Å². The number of ether oxygens (including phenoxy) is 2. The van der Waals surface area contributed by atoms with Crippen molar-refractivity contribution < 1.29 is 14.3 Å². The van der Waals surface area contributed by atoms with Crippen molar-refractivity contribution in [3.8, 4) is 11.5 Å². The molecule has 0 unspecified atom stereocenters. The number of nitrogens with zero attached hydrogens (tertiary/aromatic N) is 2. The molecule has 146 valence electrons. The number of aromatic nitrogens is 2. The van der Waals surface area contributed by atoms with Crippen LogP contribution >= 0.6 is 11.6 Å². The lowest BCUT2D eigenvalue weighted by atomic mass is 10.1. The smallest absolute Gasteiger partial charge is 0.270 e. The van der Waals surface area contributed by atoms with Gasteiger partial charge in [0.1, 0.15) is 28.8 Å². The third kappa shape index (κ3) is 5.72. The number of hydrogen-bond donors (Lipinski definition) is 2. The third-order valence-corrected chi connectivity index (χ3v) is 4.11. The first kappa shape index (κ1) is 20.8. The maximum Gasteiger partial charge on any atom is 0.270 e. The van der Waals surface area contributed by atoms with Crippen molar-refractivity contribution in [1.29, 1.82) is 0 Å². The summed E-state index contributed by atoms with van der Waals surface area (Å²) in [5, 5.41) is 6.45. The number of nitrogens with one attached hydrogen (secondary N) is 2. The van der Waals surface area contributed by atoms with Crippen LogP contribution in [-0.4, -0.2) is 36.6 Å². The lowest BCUT2D eigenvalue weighted by molar-refractivity contribution is 0.0946. The van der Waals surface area contributed by atoms with E-state index in [-0.39, 0.29) is 5.91 Å². The molecule has 0 radical (unpaired) electrons. The molecule has 0 aliphatic heterocycles. The number of methoxy groups -OCH3 is 2. The lowest BCUT2D eigenvalue weighted by Gasteiger charge is -2.14. The fourth-order valence-electron chi connectivity index (χ4n) is 2.41. The largest absolute Gasteiger partial charge is 0.495 e. The molecule has 7 nitrogen and oxygen atoms in total. The molecule has 0 bridgehead atoms. The number of rotatable bonds is 8. The third-order valence-electron chi connectivity index (χ3n) is 3.81. The molecular formula is C19H25ClN4O3. The molecular weight excluding hydrogens is 368 g/mol. The summed E-state index contributed by atoms with van der Waals surface area (Å²) in [6, 6.07) is 4.95. The van der Waals surface area contributed by atoms with Crippen LogP contribution in [0, 0.1) is 12.8 Å². The van der Waals surface area contributed by atoms with Gasteiger partial charge in [0.2, 0.25) is 0 Å². The number of carbonyl (C=O) groups is 1. The summed E-state index contributed by atoms with van der Waals surface area (Å²) >= 11 is 6.13. The Morgan fingerprint density at radius 2 is 1.85 bits per heavy atom. The molecule has 0 aliphatic carbocycles. The zero-order valence-electron chi connectivity index (χ0n) is 16.2. The summed E-state index contributed by atoms with van der Waals surface area (Å²) in [5.74, 6) is 2.26. The quantitative estimate of drug-likeness (QED) is 0.706. The van der Waals surface area contributed by atoms with Gasteiger partial charge in [0.25, 0.3) is 5.91 Å². The number of benzene rings is 1. The van der Waals surface area contributed by atoms with Gasteiger partial charge in [0.05, 0.1) is 24.9 Å². The average molecular weight is 393 g/mol. The van der Waals surface area contributed by atoms with E-state index in [1.54, 1.807) is 32.2 Å². The topological polar surface area (TPSA) is 85.4 Å². The second kappa shape index (κ2) is 9.41. The molecule has 0 saturated carbocycles. The highest BCUT2D eigenvalue weighted by Crippen LogP contribution is 2.37. The van der Waals surface area contributed by atoms with E-state index >= 15 is 0 Å². The van der Waals surface area contributed by atoms with Crippen molar-refractivity contribution in [1.82, 2.24) is 15.3 Å². The Bertz CT molecular complexity index is 812. The van der Waals surface area contributed by atoms with Crippen molar-refractivity contribution in [2.24, 2.45) is 5.92 Å². The summed E-state index contributed by atoms with van der Waals surface area (Å²) in [6.07, 6.45) is 0.905. The second-order valence-corrected chi connectivity index (χ2v) is 6.84. The van der Waals surface area contributed by atoms with Gasteiger partial charge < -0.3 is 20.1 Å². The van der Waals surface area contributed by atoms with Crippen molar-refractivity contribution >= 4 is 29.0 Å². The van der Waals surface area contributed by atoms with E-state index in [0.29, 0.717) is 52.0 Å². The van der Waals surface area contributed by atoms with Crippen LogP contribution in [0.15, 0.2) is 18.2 Å². The predicted molar refractivity (Wildman–Crippen MR) is 106 cm³/mol. The minimum absolute atomic E-state index is 0.232. The number of anilines is 2. The zero-order valence-corrected chi connectivity index (χ0v) is 17.0. The summed E-state index contributed by atoms with van der Waals surface area (Å²) in [5.41, 5.74) is 0.914. The van der Waals surface area contributed by atoms with E-state index in [9.17, 15) is 4.79 Å². The summed E-state index contributed by atoms with van der Waals surface area (Å²) < 4.78 is 10.6. The number of carbonyl (C=O) groups excluding carboxylic acids is 1. The van der Waals surface area contributed by atoms with Gasteiger partial charge in [-0.3, -0.25) is 4.79 Å². The monoisotopic (exact) mass is 392 g/mol. The van der Waals surface area contributed by atoms with E-state index in [1.165, 1.54) is 7.11 Å². The van der Waals surface area contributed by atoms with E-state index < -0.39 is 0 Å². The molecule has 0 saturated heterocycles. The Labute approximate surface area is 164 Å². The van der Waals surface area contributed by atoms with Gasteiger partial charge in [-0.2, -0.15) is 0 Å².